The van der Waals surface area contributed by atoms with E-state index in [2.05, 4.69) is 4.99 Å². The second kappa shape index (κ2) is 5.85. The Kier molecular flexibility index (Phi) is 5.52. The molecule has 0 radical (unpaired) electrons. The number of nitrogens with zero attached hydrogens (tertiary/aromatic N) is 2. The first-order chi connectivity index (χ1) is 6.37. The van der Waals surface area contributed by atoms with Crippen LogP contribution in [-0.2, 0) is 9.84 Å². The molecule has 0 saturated heterocycles. The van der Waals surface area contributed by atoms with E-state index in [0.717, 1.165) is 6.42 Å². The van der Waals surface area contributed by atoms with Gasteiger partial charge in [-0.25, -0.2) is 8.42 Å². The lowest BCUT2D eigenvalue weighted by Gasteiger charge is -2.17. The Morgan fingerprint density at radius 1 is 1.50 bits per heavy atom. The summed E-state index contributed by atoms with van der Waals surface area (Å²) in [5, 5.41) is 0. The molecular weight excluding hydrogens is 202 g/mol. The summed E-state index contributed by atoms with van der Waals surface area (Å²) < 4.78 is 21.7. The largest absolute Gasteiger partial charge is 0.370 e. The molecule has 0 atom stereocenters. The smallest absolute Gasteiger partial charge is 0.191 e. The van der Waals surface area contributed by atoms with Crippen LogP contribution in [0.25, 0.3) is 0 Å². The third-order valence-corrected chi connectivity index (χ3v) is 2.61. The van der Waals surface area contributed by atoms with Crippen LogP contribution < -0.4 is 5.73 Å². The molecule has 0 fully saturated rings. The first kappa shape index (κ1) is 13.2. The molecule has 5 nitrogen and oxygen atoms in total. The van der Waals surface area contributed by atoms with E-state index < -0.39 is 9.84 Å². The van der Waals surface area contributed by atoms with Crippen molar-refractivity contribution in [3.63, 3.8) is 0 Å². The Labute approximate surface area is 85.9 Å². The van der Waals surface area contributed by atoms with Crippen LogP contribution in [0.4, 0.5) is 0 Å². The first-order valence-corrected chi connectivity index (χ1v) is 6.61. The number of hydrogen-bond donors (Lipinski definition) is 1. The van der Waals surface area contributed by atoms with Gasteiger partial charge in [0, 0.05) is 26.4 Å². The molecule has 0 aromatic carbocycles. The molecule has 0 amide bonds. The predicted molar refractivity (Wildman–Crippen MR) is 59.1 cm³/mol. The molecule has 0 bridgehead atoms. The summed E-state index contributed by atoms with van der Waals surface area (Å²) in [4.78, 5) is 5.72. The van der Waals surface area contributed by atoms with E-state index in [9.17, 15) is 8.42 Å². The van der Waals surface area contributed by atoms with Crippen molar-refractivity contribution in [1.82, 2.24) is 4.90 Å². The maximum Gasteiger partial charge on any atom is 0.191 e. The van der Waals surface area contributed by atoms with Crippen LogP contribution in [-0.4, -0.2) is 51.4 Å². The van der Waals surface area contributed by atoms with Crippen LogP contribution in [0.15, 0.2) is 4.99 Å². The summed E-state index contributed by atoms with van der Waals surface area (Å²) in [6.07, 6.45) is 2.14. The van der Waals surface area contributed by atoms with E-state index in [1.807, 2.05) is 6.92 Å². The van der Waals surface area contributed by atoms with E-state index >= 15 is 0 Å². The minimum Gasteiger partial charge on any atom is -0.370 e. The number of sulfone groups is 1. The van der Waals surface area contributed by atoms with E-state index in [-0.39, 0.29) is 5.75 Å². The zero-order chi connectivity index (χ0) is 11.2. The number of hydrogen-bond acceptors (Lipinski definition) is 3. The Bertz CT molecular complexity index is 285. The molecule has 0 saturated carbocycles. The molecular formula is C8H19N3O2S. The monoisotopic (exact) mass is 221 g/mol. The fourth-order valence-electron chi connectivity index (χ4n) is 0.764. The first-order valence-electron chi connectivity index (χ1n) is 4.55. The van der Waals surface area contributed by atoms with Gasteiger partial charge in [0.25, 0.3) is 0 Å². The molecule has 0 rings (SSSR count). The Hall–Kier alpha value is -0.780. The fraction of sp³-hybridized carbons (Fsp3) is 0.875. The fourth-order valence-corrected chi connectivity index (χ4v) is 1.37. The van der Waals surface area contributed by atoms with Crippen molar-refractivity contribution in [3.05, 3.63) is 0 Å². The molecule has 0 spiro atoms. The highest BCUT2D eigenvalue weighted by atomic mass is 32.2. The molecule has 0 heterocycles. The van der Waals surface area contributed by atoms with Gasteiger partial charge in [0.2, 0.25) is 0 Å². The van der Waals surface area contributed by atoms with Gasteiger partial charge in [-0.05, 0) is 6.42 Å². The molecule has 84 valence electrons. The Balaban J connectivity index is 4.02. The van der Waals surface area contributed by atoms with Crippen molar-refractivity contribution in [2.24, 2.45) is 10.7 Å². The number of rotatable bonds is 5. The van der Waals surface area contributed by atoms with Crippen molar-refractivity contribution in [2.75, 3.05) is 32.1 Å². The molecule has 0 aromatic rings. The Morgan fingerprint density at radius 2 is 2.07 bits per heavy atom. The Morgan fingerprint density at radius 3 is 2.50 bits per heavy atom. The van der Waals surface area contributed by atoms with Gasteiger partial charge in [-0.2, -0.15) is 0 Å². The van der Waals surface area contributed by atoms with Crippen molar-refractivity contribution in [2.45, 2.75) is 13.3 Å². The molecule has 0 aliphatic heterocycles. The molecule has 2 N–H and O–H groups in total. The SMILES string of the molecule is CCCN=C(N)N(C)CCS(C)(=O)=O. The third-order valence-electron chi connectivity index (χ3n) is 1.69. The molecule has 6 heteroatoms. The number of aliphatic imine (C=N–C) groups is 1. The highest BCUT2D eigenvalue weighted by Crippen LogP contribution is 1.89. The minimum absolute atomic E-state index is 0.103. The quantitative estimate of drug-likeness (QED) is 0.510. The summed E-state index contributed by atoms with van der Waals surface area (Å²) in [5.41, 5.74) is 5.61. The van der Waals surface area contributed by atoms with Gasteiger partial charge in [-0.15, -0.1) is 0 Å². The summed E-state index contributed by atoms with van der Waals surface area (Å²) >= 11 is 0. The minimum atomic E-state index is -2.93. The van der Waals surface area contributed by atoms with Gasteiger partial charge >= 0.3 is 0 Å². The summed E-state index contributed by atoms with van der Waals surface area (Å²) in [5.74, 6) is 0.502. The van der Waals surface area contributed by atoms with Gasteiger partial charge < -0.3 is 10.6 Å². The second-order valence-corrected chi connectivity index (χ2v) is 5.55. The predicted octanol–water partition coefficient (Wildman–Crippen LogP) is -0.312. The van der Waals surface area contributed by atoms with Crippen LogP contribution in [0.3, 0.4) is 0 Å². The average Bonchev–Trinajstić information content (AvgIpc) is 2.09. The van der Waals surface area contributed by atoms with Crippen LogP contribution >= 0.6 is 0 Å². The maximum absolute atomic E-state index is 10.9. The lowest BCUT2D eigenvalue weighted by molar-refractivity contribution is 0.518. The zero-order valence-corrected chi connectivity index (χ0v) is 9.84. The van der Waals surface area contributed by atoms with Crippen LogP contribution in [0, 0.1) is 0 Å². The zero-order valence-electron chi connectivity index (χ0n) is 9.02. The van der Waals surface area contributed by atoms with Gasteiger partial charge in [0.15, 0.2) is 5.96 Å². The highest BCUT2D eigenvalue weighted by molar-refractivity contribution is 7.90. The van der Waals surface area contributed by atoms with Crippen LogP contribution in [0.2, 0.25) is 0 Å². The van der Waals surface area contributed by atoms with Crippen LogP contribution in [0.1, 0.15) is 13.3 Å². The van der Waals surface area contributed by atoms with Crippen molar-refractivity contribution >= 4 is 15.8 Å². The summed E-state index contributed by atoms with van der Waals surface area (Å²) in [6, 6.07) is 0. The topological polar surface area (TPSA) is 75.8 Å². The lowest BCUT2D eigenvalue weighted by Crippen LogP contribution is -2.37. The van der Waals surface area contributed by atoms with Crippen LogP contribution in [0.5, 0.6) is 0 Å². The summed E-state index contributed by atoms with van der Waals surface area (Å²) in [7, 11) is -1.19. The van der Waals surface area contributed by atoms with Gasteiger partial charge in [-0.1, -0.05) is 6.92 Å². The molecule has 0 aliphatic carbocycles. The normalized spacial score (nSPS) is 12.9. The van der Waals surface area contributed by atoms with Gasteiger partial charge in [0.05, 0.1) is 5.75 Å². The highest BCUT2D eigenvalue weighted by Gasteiger charge is 2.06. The van der Waals surface area contributed by atoms with E-state index in [1.54, 1.807) is 11.9 Å². The molecule has 0 unspecified atom stereocenters. The van der Waals surface area contributed by atoms with Crippen molar-refractivity contribution < 1.29 is 8.42 Å². The second-order valence-electron chi connectivity index (χ2n) is 3.29. The lowest BCUT2D eigenvalue weighted by atomic mass is 10.5. The third kappa shape index (κ3) is 6.71. The molecule has 14 heavy (non-hydrogen) atoms. The standard InChI is InChI=1S/C8H19N3O2S/c1-4-5-10-8(9)11(2)6-7-14(3,12)13/h4-7H2,1-3H3,(H2,9,10). The average molecular weight is 221 g/mol. The number of guanidine groups is 1. The number of nitrogens with two attached hydrogens (primary N) is 1. The maximum atomic E-state index is 10.9. The van der Waals surface area contributed by atoms with E-state index in [1.165, 1.54) is 6.26 Å². The summed E-state index contributed by atoms with van der Waals surface area (Å²) in [6.45, 7) is 3.07. The molecule has 0 aromatic heterocycles. The van der Waals surface area contributed by atoms with E-state index in [4.69, 9.17) is 5.73 Å². The van der Waals surface area contributed by atoms with Crippen molar-refractivity contribution in [3.8, 4) is 0 Å². The van der Waals surface area contributed by atoms with Crippen molar-refractivity contribution in [1.29, 1.82) is 0 Å². The van der Waals surface area contributed by atoms with Gasteiger partial charge in [0.1, 0.15) is 9.84 Å². The van der Waals surface area contributed by atoms with E-state index in [0.29, 0.717) is 19.0 Å². The molecule has 0 aliphatic rings. The van der Waals surface area contributed by atoms with Gasteiger partial charge in [-0.3, -0.25) is 4.99 Å².